The van der Waals surface area contributed by atoms with E-state index in [9.17, 15) is 4.79 Å². The van der Waals surface area contributed by atoms with Gasteiger partial charge in [0, 0.05) is 12.6 Å². The summed E-state index contributed by atoms with van der Waals surface area (Å²) >= 11 is 1.27. The first-order valence-electron chi connectivity index (χ1n) is 5.83. The third-order valence-electron chi connectivity index (χ3n) is 2.32. The first kappa shape index (κ1) is 13.5. The van der Waals surface area contributed by atoms with E-state index in [-0.39, 0.29) is 5.56 Å². The highest BCUT2D eigenvalue weighted by Crippen LogP contribution is 2.23. The van der Waals surface area contributed by atoms with E-state index in [1.54, 1.807) is 12.3 Å². The van der Waals surface area contributed by atoms with Crippen LogP contribution in [0.15, 0.2) is 27.9 Å². The molecule has 1 N–H and O–H groups in total. The molecule has 2 rings (SSSR count). The van der Waals surface area contributed by atoms with Crippen LogP contribution in [0.4, 0.5) is 0 Å². The molecule has 0 aliphatic heterocycles. The second-order valence-electron chi connectivity index (χ2n) is 3.80. The van der Waals surface area contributed by atoms with Crippen LogP contribution in [0, 0.1) is 0 Å². The average molecular weight is 279 g/mol. The molecule has 0 fully saturated rings. The van der Waals surface area contributed by atoms with Crippen LogP contribution in [0.25, 0.3) is 0 Å². The Kier molecular flexibility index (Phi) is 4.51. The van der Waals surface area contributed by atoms with Crippen LogP contribution < -0.4 is 0 Å². The molecule has 0 aliphatic rings. The minimum absolute atomic E-state index is 0.181. The molecule has 0 spiro atoms. The van der Waals surface area contributed by atoms with Crippen LogP contribution in [0.2, 0.25) is 0 Å². The highest BCUT2D eigenvalue weighted by Gasteiger charge is 2.13. The third kappa shape index (κ3) is 3.54. The van der Waals surface area contributed by atoms with Crippen LogP contribution in [-0.2, 0) is 12.2 Å². The maximum absolute atomic E-state index is 11.0. The minimum atomic E-state index is -0.993. The van der Waals surface area contributed by atoms with Crippen molar-refractivity contribution < 1.29 is 14.4 Å². The number of hydrogen-bond acceptors (Lipinski definition) is 6. The lowest BCUT2D eigenvalue weighted by Gasteiger charge is -2.01. The Morgan fingerprint density at radius 2 is 2.37 bits per heavy atom. The Hall–Kier alpha value is -1.89. The minimum Gasteiger partial charge on any atom is -0.478 e. The van der Waals surface area contributed by atoms with Crippen LogP contribution in [0.1, 0.15) is 35.4 Å². The van der Waals surface area contributed by atoms with Gasteiger partial charge in [-0.3, -0.25) is 0 Å². The Morgan fingerprint density at radius 3 is 3.11 bits per heavy atom. The molecule has 19 heavy (non-hydrogen) atoms. The highest BCUT2D eigenvalue weighted by atomic mass is 32.2. The molecule has 0 radical (unpaired) electrons. The topological polar surface area (TPSA) is 89.1 Å². The van der Waals surface area contributed by atoms with Crippen molar-refractivity contribution >= 4 is 17.7 Å². The largest absolute Gasteiger partial charge is 0.478 e. The number of carbonyl (C=O) groups is 1. The van der Waals surface area contributed by atoms with E-state index in [1.807, 2.05) is 6.92 Å². The van der Waals surface area contributed by atoms with Crippen molar-refractivity contribution in [1.29, 1.82) is 0 Å². The van der Waals surface area contributed by atoms with Gasteiger partial charge in [-0.25, -0.2) is 9.78 Å². The maximum atomic E-state index is 11.0. The summed E-state index contributed by atoms with van der Waals surface area (Å²) in [5, 5.41) is 13.3. The number of rotatable bonds is 6. The number of aryl methyl sites for hydroxylation is 1. The normalized spacial score (nSPS) is 10.6. The molecule has 100 valence electrons. The number of hydrogen-bond donors (Lipinski definition) is 1. The standard InChI is InChI=1S/C12H13N3O3S/c1-2-4-9-14-10(18-15-9)7-19-11-8(12(16)17)5-3-6-13-11/h3,5-6H,2,4,7H2,1H3,(H,16,17). The Balaban J connectivity index is 2.03. The van der Waals surface area contributed by atoms with Crippen LogP contribution >= 0.6 is 11.8 Å². The Bertz CT molecular complexity index is 571. The summed E-state index contributed by atoms with van der Waals surface area (Å²) in [4.78, 5) is 19.3. The van der Waals surface area contributed by atoms with Gasteiger partial charge in [0.15, 0.2) is 5.82 Å². The number of carboxylic acid groups (broad SMARTS) is 1. The molecule has 7 heteroatoms. The van der Waals surface area contributed by atoms with Gasteiger partial charge in [-0.15, -0.1) is 0 Å². The summed E-state index contributed by atoms with van der Waals surface area (Å²) in [5.74, 6) is 0.578. The van der Waals surface area contributed by atoms with E-state index < -0.39 is 5.97 Å². The van der Waals surface area contributed by atoms with E-state index in [4.69, 9.17) is 9.63 Å². The van der Waals surface area contributed by atoms with E-state index in [2.05, 4.69) is 15.1 Å². The van der Waals surface area contributed by atoms with Gasteiger partial charge in [-0.05, 0) is 18.6 Å². The zero-order valence-electron chi connectivity index (χ0n) is 10.4. The average Bonchev–Trinajstić information content (AvgIpc) is 2.85. The number of aromatic carboxylic acids is 1. The van der Waals surface area contributed by atoms with Gasteiger partial charge >= 0.3 is 5.97 Å². The molecule has 0 aliphatic carbocycles. The smallest absolute Gasteiger partial charge is 0.338 e. The fraction of sp³-hybridized carbons (Fsp3) is 0.333. The molecule has 0 aromatic carbocycles. The van der Waals surface area contributed by atoms with Crippen molar-refractivity contribution in [3.05, 3.63) is 35.6 Å². The molecular weight excluding hydrogens is 266 g/mol. The summed E-state index contributed by atoms with van der Waals surface area (Å²) in [6, 6.07) is 3.12. The summed E-state index contributed by atoms with van der Waals surface area (Å²) in [6.07, 6.45) is 3.29. The molecule has 0 bridgehead atoms. The number of thioether (sulfide) groups is 1. The summed E-state index contributed by atoms with van der Waals surface area (Å²) < 4.78 is 5.08. The number of aromatic nitrogens is 3. The lowest BCUT2D eigenvalue weighted by molar-refractivity contribution is 0.0692. The van der Waals surface area contributed by atoms with Crippen molar-refractivity contribution in [3.63, 3.8) is 0 Å². The molecule has 0 atom stereocenters. The van der Waals surface area contributed by atoms with Gasteiger partial charge < -0.3 is 9.63 Å². The second kappa shape index (κ2) is 6.33. The van der Waals surface area contributed by atoms with Crippen molar-refractivity contribution in [2.24, 2.45) is 0 Å². The first-order chi connectivity index (χ1) is 9.20. The highest BCUT2D eigenvalue weighted by molar-refractivity contribution is 7.98. The zero-order valence-corrected chi connectivity index (χ0v) is 11.2. The fourth-order valence-corrected chi connectivity index (χ4v) is 2.30. The van der Waals surface area contributed by atoms with Gasteiger partial charge in [0.05, 0.1) is 11.3 Å². The van der Waals surface area contributed by atoms with Gasteiger partial charge in [-0.1, -0.05) is 23.8 Å². The Morgan fingerprint density at radius 1 is 1.53 bits per heavy atom. The molecule has 6 nitrogen and oxygen atoms in total. The fourth-order valence-electron chi connectivity index (χ4n) is 1.47. The van der Waals surface area contributed by atoms with Gasteiger partial charge in [-0.2, -0.15) is 4.98 Å². The number of pyridine rings is 1. The first-order valence-corrected chi connectivity index (χ1v) is 6.82. The van der Waals surface area contributed by atoms with Gasteiger partial charge in [0.1, 0.15) is 5.03 Å². The molecular formula is C12H13N3O3S. The van der Waals surface area contributed by atoms with E-state index >= 15 is 0 Å². The van der Waals surface area contributed by atoms with Crippen LogP contribution in [0.5, 0.6) is 0 Å². The van der Waals surface area contributed by atoms with Crippen molar-refractivity contribution in [3.8, 4) is 0 Å². The van der Waals surface area contributed by atoms with Crippen molar-refractivity contribution in [2.45, 2.75) is 30.5 Å². The van der Waals surface area contributed by atoms with Crippen LogP contribution in [-0.4, -0.2) is 26.2 Å². The SMILES string of the molecule is CCCc1noc(CSc2ncccc2C(=O)O)n1. The van der Waals surface area contributed by atoms with Crippen molar-refractivity contribution in [2.75, 3.05) is 0 Å². The monoisotopic (exact) mass is 279 g/mol. The summed E-state index contributed by atoms with van der Waals surface area (Å²) in [7, 11) is 0. The predicted molar refractivity (Wildman–Crippen MR) is 69.1 cm³/mol. The molecule has 2 heterocycles. The van der Waals surface area contributed by atoms with Crippen molar-refractivity contribution in [1.82, 2.24) is 15.1 Å². The molecule has 0 amide bonds. The van der Waals surface area contributed by atoms with Gasteiger partial charge in [0.25, 0.3) is 0 Å². The molecule has 2 aromatic rings. The second-order valence-corrected chi connectivity index (χ2v) is 4.77. The quantitative estimate of drug-likeness (QED) is 0.812. The number of nitrogens with zero attached hydrogens (tertiary/aromatic N) is 3. The van der Waals surface area contributed by atoms with E-state index in [0.29, 0.717) is 22.5 Å². The molecule has 2 aromatic heterocycles. The van der Waals surface area contributed by atoms with Crippen LogP contribution in [0.3, 0.4) is 0 Å². The predicted octanol–water partition coefficient (Wildman–Crippen LogP) is 2.41. The zero-order chi connectivity index (χ0) is 13.7. The summed E-state index contributed by atoms with van der Waals surface area (Å²) in [5.41, 5.74) is 0.181. The third-order valence-corrected chi connectivity index (χ3v) is 3.31. The Labute approximate surface area is 114 Å². The van der Waals surface area contributed by atoms with E-state index in [0.717, 1.165) is 12.8 Å². The number of carboxylic acids is 1. The molecule has 0 saturated heterocycles. The molecule has 0 unspecified atom stereocenters. The lowest BCUT2D eigenvalue weighted by atomic mass is 10.3. The van der Waals surface area contributed by atoms with E-state index in [1.165, 1.54) is 17.8 Å². The molecule has 0 saturated carbocycles. The lowest BCUT2D eigenvalue weighted by Crippen LogP contribution is -2.00. The maximum Gasteiger partial charge on any atom is 0.338 e. The van der Waals surface area contributed by atoms with Gasteiger partial charge in [0.2, 0.25) is 5.89 Å². The summed E-state index contributed by atoms with van der Waals surface area (Å²) in [6.45, 7) is 2.04.